The Bertz CT molecular complexity index is 1830. The van der Waals surface area contributed by atoms with Crippen molar-refractivity contribution < 1.29 is 42.9 Å². The van der Waals surface area contributed by atoms with Crippen molar-refractivity contribution in [2.45, 2.75) is 180 Å². The average molecular weight is 1040 g/mol. The van der Waals surface area contributed by atoms with Crippen LogP contribution in [0.4, 0.5) is 0 Å². The van der Waals surface area contributed by atoms with Crippen LogP contribution in [0.3, 0.4) is 0 Å². The molecular formula is C66H101NO8. The van der Waals surface area contributed by atoms with Gasteiger partial charge < -0.3 is 33.3 Å². The summed E-state index contributed by atoms with van der Waals surface area (Å²) in [7, 11) is 5.88. The molecule has 0 aliphatic carbocycles. The number of nitrogens with zero attached hydrogens (tertiary/aromatic N) is 1. The number of carbonyl (C=O) groups excluding carboxylic acids is 3. The first-order valence-corrected chi connectivity index (χ1v) is 28.3. The van der Waals surface area contributed by atoms with Crippen molar-refractivity contribution in [1.29, 1.82) is 0 Å². The van der Waals surface area contributed by atoms with Crippen LogP contribution >= 0.6 is 0 Å². The summed E-state index contributed by atoms with van der Waals surface area (Å²) >= 11 is 0. The summed E-state index contributed by atoms with van der Waals surface area (Å²) in [6.07, 6.45) is 79.7. The van der Waals surface area contributed by atoms with Crippen LogP contribution in [0.1, 0.15) is 168 Å². The number of hydrogen-bond acceptors (Lipinski definition) is 8. The minimum absolute atomic E-state index is 0.124. The predicted octanol–water partition coefficient (Wildman–Crippen LogP) is 15.4. The third-order valence-corrected chi connectivity index (χ3v) is 11.0. The first-order valence-electron chi connectivity index (χ1n) is 28.3. The molecule has 0 rings (SSSR count). The first kappa shape index (κ1) is 69.7. The lowest BCUT2D eigenvalue weighted by Gasteiger charge is -2.26. The van der Waals surface area contributed by atoms with E-state index in [1.807, 2.05) is 21.1 Å². The molecular weight excluding hydrogens is 935 g/mol. The highest BCUT2D eigenvalue weighted by Crippen LogP contribution is 2.11. The van der Waals surface area contributed by atoms with E-state index < -0.39 is 30.3 Å². The zero-order valence-corrected chi connectivity index (χ0v) is 47.3. The molecule has 2 atom stereocenters. The van der Waals surface area contributed by atoms with Gasteiger partial charge in [0, 0.05) is 12.8 Å². The average Bonchev–Trinajstić information content (AvgIpc) is 3.38. The SMILES string of the molecule is CC/C=C\C/C=C\C/C=C\C/C=C\C/C=C\C/C=C\C/C=C\C/C=C\C/C=C\CCCCCC(=O)OC(COC(=O)CCCCC/C=C\C/C=C\C/C=C\C/C=C\C/C=C\CC)COC(OCC[N+](C)(C)C)C(=O)[O-]. The minimum atomic E-state index is -1.65. The van der Waals surface area contributed by atoms with Crippen LogP contribution < -0.4 is 5.11 Å². The van der Waals surface area contributed by atoms with Crippen molar-refractivity contribution in [2.75, 3.05) is 47.5 Å². The van der Waals surface area contributed by atoms with E-state index in [0.29, 0.717) is 23.9 Å². The van der Waals surface area contributed by atoms with E-state index in [1.165, 1.54) is 0 Å². The lowest BCUT2D eigenvalue weighted by atomic mass is 10.1. The fourth-order valence-electron chi connectivity index (χ4n) is 6.67. The molecule has 9 nitrogen and oxygen atoms in total. The molecule has 0 spiro atoms. The molecule has 0 saturated heterocycles. The number of likely N-dealkylation sites (N-methyl/N-ethyl adjacent to an activating group) is 1. The highest BCUT2D eigenvalue weighted by Gasteiger charge is 2.21. The summed E-state index contributed by atoms with van der Waals surface area (Å²) in [6, 6.07) is 0. The summed E-state index contributed by atoms with van der Waals surface area (Å²) in [5.41, 5.74) is 0. The number of ether oxygens (including phenoxy) is 4. The van der Waals surface area contributed by atoms with Gasteiger partial charge in [-0.1, -0.05) is 197 Å². The van der Waals surface area contributed by atoms with Crippen LogP contribution in [-0.4, -0.2) is 82.3 Å². The number of allylic oxidation sites excluding steroid dienone is 28. The summed E-state index contributed by atoms with van der Waals surface area (Å²) < 4.78 is 22.6. The minimum Gasteiger partial charge on any atom is -0.545 e. The molecule has 0 aromatic heterocycles. The van der Waals surface area contributed by atoms with Crippen molar-refractivity contribution in [3.8, 4) is 0 Å². The van der Waals surface area contributed by atoms with Crippen molar-refractivity contribution >= 4 is 17.9 Å². The van der Waals surface area contributed by atoms with E-state index in [1.54, 1.807) is 0 Å². The quantitative estimate of drug-likeness (QED) is 0.0195. The maximum Gasteiger partial charge on any atom is 0.306 e. The Morgan fingerprint density at radius 3 is 1.04 bits per heavy atom. The molecule has 75 heavy (non-hydrogen) atoms. The van der Waals surface area contributed by atoms with Gasteiger partial charge in [0.05, 0.1) is 40.3 Å². The molecule has 0 radical (unpaired) electrons. The van der Waals surface area contributed by atoms with Gasteiger partial charge in [-0.3, -0.25) is 9.59 Å². The zero-order chi connectivity index (χ0) is 54.8. The summed E-state index contributed by atoms with van der Waals surface area (Å²) in [6.45, 7) is 4.40. The smallest absolute Gasteiger partial charge is 0.306 e. The molecule has 0 heterocycles. The van der Waals surface area contributed by atoms with Gasteiger partial charge >= 0.3 is 11.9 Å². The number of carboxylic acids is 1. The summed E-state index contributed by atoms with van der Waals surface area (Å²) in [4.78, 5) is 37.2. The van der Waals surface area contributed by atoms with Gasteiger partial charge in [0.2, 0.25) is 0 Å². The second-order valence-corrected chi connectivity index (χ2v) is 19.1. The van der Waals surface area contributed by atoms with Crippen LogP contribution in [0, 0.1) is 0 Å². The topological polar surface area (TPSA) is 111 Å². The van der Waals surface area contributed by atoms with Crippen LogP contribution in [-0.2, 0) is 33.3 Å². The van der Waals surface area contributed by atoms with E-state index in [-0.39, 0.29) is 32.7 Å². The summed E-state index contributed by atoms with van der Waals surface area (Å²) in [5.74, 6) is -2.40. The number of carbonyl (C=O) groups is 3. The molecule has 0 fully saturated rings. The zero-order valence-electron chi connectivity index (χ0n) is 47.3. The number of rotatable bonds is 49. The van der Waals surface area contributed by atoms with E-state index >= 15 is 0 Å². The standard InChI is InChI=1S/C66H101NO8/c1-6-8-10-12-14-16-18-20-22-24-26-27-28-29-30-31-32-33-34-35-36-37-39-41-43-45-47-49-51-53-55-57-64(69)75-62(61-74-66(65(70)71)72-59-58-67(3,4)5)60-73-63(68)56-54-52-50-48-46-44-42-40-38-25-23-21-19-17-15-13-11-9-7-2/h8-11,14-17,20-23,26-27,29-30,32-33,35-36,38-41,44-47,62,66H,6-7,12-13,18-19,24-25,28,31,34,37,42-43,48-61H2,1-5H3/b10-8-,11-9-,16-14-,17-15-,22-20-,23-21-,27-26-,30-29-,33-32-,36-35-,40-38-,41-39-,46-44-,47-45-. The summed E-state index contributed by atoms with van der Waals surface area (Å²) in [5, 5.41) is 11.8. The number of aliphatic carboxylic acids is 1. The fraction of sp³-hybridized carbons (Fsp3) is 0.530. The van der Waals surface area contributed by atoms with E-state index in [2.05, 4.69) is 184 Å². The van der Waals surface area contributed by atoms with Gasteiger partial charge in [-0.05, 0) is 128 Å². The van der Waals surface area contributed by atoms with Gasteiger partial charge in [-0.15, -0.1) is 0 Å². The largest absolute Gasteiger partial charge is 0.545 e. The van der Waals surface area contributed by atoms with Crippen LogP contribution in [0.15, 0.2) is 170 Å². The Labute approximate surface area is 457 Å². The Morgan fingerprint density at radius 2 is 0.720 bits per heavy atom. The van der Waals surface area contributed by atoms with Gasteiger partial charge in [0.1, 0.15) is 13.2 Å². The number of unbranched alkanes of at least 4 members (excludes halogenated alkanes) is 6. The fourth-order valence-corrected chi connectivity index (χ4v) is 6.67. The van der Waals surface area contributed by atoms with Crippen molar-refractivity contribution in [1.82, 2.24) is 0 Å². The Morgan fingerprint density at radius 1 is 0.400 bits per heavy atom. The third kappa shape index (κ3) is 56.2. The van der Waals surface area contributed by atoms with Crippen LogP contribution in [0.25, 0.3) is 0 Å². The molecule has 0 aliphatic heterocycles. The van der Waals surface area contributed by atoms with Crippen molar-refractivity contribution in [3.63, 3.8) is 0 Å². The van der Waals surface area contributed by atoms with Gasteiger partial charge in [0.15, 0.2) is 12.4 Å². The lowest BCUT2D eigenvalue weighted by molar-refractivity contribution is -0.870. The number of esters is 2. The van der Waals surface area contributed by atoms with E-state index in [4.69, 9.17) is 18.9 Å². The van der Waals surface area contributed by atoms with Gasteiger partial charge in [-0.25, -0.2) is 0 Å². The van der Waals surface area contributed by atoms with Gasteiger partial charge in [-0.2, -0.15) is 0 Å². The lowest BCUT2D eigenvalue weighted by Crippen LogP contribution is -2.44. The Balaban J connectivity index is 4.45. The molecule has 0 aliphatic rings. The van der Waals surface area contributed by atoms with E-state index in [9.17, 15) is 19.5 Å². The Kier molecular flexibility index (Phi) is 51.0. The highest BCUT2D eigenvalue weighted by atomic mass is 16.7. The molecule has 9 heteroatoms. The van der Waals surface area contributed by atoms with E-state index in [0.717, 1.165) is 128 Å². The first-order chi connectivity index (χ1) is 36.6. The molecule has 0 bridgehead atoms. The van der Waals surface area contributed by atoms with Gasteiger partial charge in [0.25, 0.3) is 0 Å². The van der Waals surface area contributed by atoms with Crippen LogP contribution in [0.2, 0.25) is 0 Å². The molecule has 2 unspecified atom stereocenters. The maximum absolute atomic E-state index is 12.8. The highest BCUT2D eigenvalue weighted by molar-refractivity contribution is 5.70. The molecule has 0 N–H and O–H groups in total. The van der Waals surface area contributed by atoms with Crippen LogP contribution in [0.5, 0.6) is 0 Å². The predicted molar refractivity (Wildman–Crippen MR) is 315 cm³/mol. The number of hydrogen-bond donors (Lipinski definition) is 0. The maximum atomic E-state index is 12.8. The molecule has 0 amide bonds. The molecule has 0 aromatic carbocycles. The second-order valence-electron chi connectivity index (χ2n) is 19.1. The Hall–Kier alpha value is -5.35. The molecule has 418 valence electrons. The molecule has 0 saturated carbocycles. The van der Waals surface area contributed by atoms with Crippen molar-refractivity contribution in [2.24, 2.45) is 0 Å². The number of carboxylic acid groups (broad SMARTS) is 1. The second kappa shape index (κ2) is 54.9. The van der Waals surface area contributed by atoms with Crippen molar-refractivity contribution in [3.05, 3.63) is 170 Å². The third-order valence-electron chi connectivity index (χ3n) is 11.0. The molecule has 0 aromatic rings. The monoisotopic (exact) mass is 1040 g/mol. The normalized spacial score (nSPS) is 14.1. The number of quaternary nitrogens is 1.